The van der Waals surface area contributed by atoms with E-state index in [0.29, 0.717) is 10.7 Å². The van der Waals surface area contributed by atoms with Gasteiger partial charge in [-0.2, -0.15) is 0 Å². The fourth-order valence-corrected chi connectivity index (χ4v) is 2.23. The van der Waals surface area contributed by atoms with E-state index in [4.69, 9.17) is 0 Å². The number of thioether (sulfide) groups is 1. The average Bonchev–Trinajstić information content (AvgIpc) is 2.68. The Morgan fingerprint density at radius 3 is 2.61 bits per heavy atom. The Labute approximate surface area is 108 Å². The maximum absolute atomic E-state index is 11.9. The van der Waals surface area contributed by atoms with Crippen LogP contribution in [0.4, 0.5) is 0 Å². The molecule has 0 radical (unpaired) electrons. The predicted octanol–water partition coefficient (Wildman–Crippen LogP) is 1.39. The molecule has 0 saturated carbocycles. The van der Waals surface area contributed by atoms with Crippen LogP contribution in [0.25, 0.3) is 0 Å². The molecule has 0 aliphatic heterocycles. The maximum atomic E-state index is 11.9. The Morgan fingerprint density at radius 2 is 2.06 bits per heavy atom. The molecule has 0 bridgehead atoms. The average molecular weight is 263 g/mol. The van der Waals surface area contributed by atoms with Crippen molar-refractivity contribution in [2.75, 3.05) is 5.75 Å². The molecule has 0 aliphatic rings. The Hall–Kier alpha value is -1.82. The van der Waals surface area contributed by atoms with Gasteiger partial charge in [0.1, 0.15) is 0 Å². The number of nitrogens with one attached hydrogen (secondary N) is 1. The first-order valence-corrected chi connectivity index (χ1v) is 6.40. The molecule has 1 heterocycles. The van der Waals surface area contributed by atoms with Gasteiger partial charge < -0.3 is 0 Å². The number of ketones is 1. The Bertz CT molecular complexity index is 613. The molecule has 2 aromatic rings. The molecule has 94 valence electrons. The SMILES string of the molecule is Cc1ccc(C(=O)CSc2n[nH]c(=O)n2C)cc1. The summed E-state index contributed by atoms with van der Waals surface area (Å²) in [6.07, 6.45) is 0. The van der Waals surface area contributed by atoms with Crippen LogP contribution in [0.1, 0.15) is 15.9 Å². The van der Waals surface area contributed by atoms with E-state index in [1.165, 1.54) is 16.3 Å². The number of benzene rings is 1. The predicted molar refractivity (Wildman–Crippen MR) is 70.1 cm³/mol. The van der Waals surface area contributed by atoms with Gasteiger partial charge in [-0.25, -0.2) is 9.89 Å². The maximum Gasteiger partial charge on any atom is 0.343 e. The summed E-state index contributed by atoms with van der Waals surface area (Å²) in [6.45, 7) is 1.97. The zero-order valence-corrected chi connectivity index (χ0v) is 11.0. The number of nitrogens with zero attached hydrogens (tertiary/aromatic N) is 2. The van der Waals surface area contributed by atoms with E-state index in [2.05, 4.69) is 10.2 Å². The number of H-pyrrole nitrogens is 1. The molecule has 0 amide bonds. The molecule has 0 spiro atoms. The van der Waals surface area contributed by atoms with Crippen LogP contribution < -0.4 is 5.69 Å². The Morgan fingerprint density at radius 1 is 1.39 bits per heavy atom. The van der Waals surface area contributed by atoms with Crippen LogP contribution in [-0.2, 0) is 7.05 Å². The second-order valence-corrected chi connectivity index (χ2v) is 4.89. The standard InChI is InChI=1S/C12H13N3O2S/c1-8-3-5-9(6-4-8)10(16)7-18-12-14-13-11(17)15(12)2/h3-6H,7H2,1-2H3,(H,13,17). The van der Waals surface area contributed by atoms with Crippen LogP contribution in [0.3, 0.4) is 0 Å². The van der Waals surface area contributed by atoms with E-state index < -0.39 is 0 Å². The number of Topliss-reactive ketones (excluding diaryl/α,β-unsaturated/α-hetero) is 1. The van der Waals surface area contributed by atoms with Crippen molar-refractivity contribution in [1.82, 2.24) is 14.8 Å². The van der Waals surface area contributed by atoms with Gasteiger partial charge in [0.05, 0.1) is 5.75 Å². The highest BCUT2D eigenvalue weighted by Crippen LogP contribution is 2.14. The van der Waals surface area contributed by atoms with Gasteiger partial charge in [-0.3, -0.25) is 9.36 Å². The van der Waals surface area contributed by atoms with Crippen molar-refractivity contribution < 1.29 is 4.79 Å². The number of hydrogen-bond acceptors (Lipinski definition) is 4. The first-order valence-electron chi connectivity index (χ1n) is 5.42. The normalized spacial score (nSPS) is 10.6. The van der Waals surface area contributed by atoms with Crippen LogP contribution in [0.15, 0.2) is 34.2 Å². The number of carbonyl (C=O) groups excluding carboxylic acids is 1. The summed E-state index contributed by atoms with van der Waals surface area (Å²) in [5, 5.41) is 6.68. The second-order valence-electron chi connectivity index (χ2n) is 3.95. The molecular formula is C12H13N3O2S. The van der Waals surface area contributed by atoms with Gasteiger partial charge in [0.2, 0.25) is 0 Å². The van der Waals surface area contributed by atoms with Gasteiger partial charge in [-0.15, -0.1) is 5.10 Å². The third kappa shape index (κ3) is 2.70. The van der Waals surface area contributed by atoms with Crippen molar-refractivity contribution in [2.24, 2.45) is 7.05 Å². The fourth-order valence-electron chi connectivity index (χ4n) is 1.41. The van der Waals surface area contributed by atoms with E-state index in [9.17, 15) is 9.59 Å². The van der Waals surface area contributed by atoms with Gasteiger partial charge in [-0.05, 0) is 6.92 Å². The minimum atomic E-state index is -0.278. The highest BCUT2D eigenvalue weighted by Gasteiger charge is 2.10. The van der Waals surface area contributed by atoms with E-state index in [1.54, 1.807) is 7.05 Å². The summed E-state index contributed by atoms with van der Waals surface area (Å²) >= 11 is 1.25. The van der Waals surface area contributed by atoms with Gasteiger partial charge in [0, 0.05) is 12.6 Å². The number of hydrogen-bond donors (Lipinski definition) is 1. The topological polar surface area (TPSA) is 67.8 Å². The largest absolute Gasteiger partial charge is 0.343 e. The molecule has 6 heteroatoms. The van der Waals surface area contributed by atoms with Crippen LogP contribution in [-0.4, -0.2) is 26.3 Å². The van der Waals surface area contributed by atoms with Crippen LogP contribution >= 0.6 is 11.8 Å². The lowest BCUT2D eigenvalue weighted by Crippen LogP contribution is -2.13. The second kappa shape index (κ2) is 5.22. The van der Waals surface area contributed by atoms with E-state index >= 15 is 0 Å². The number of carbonyl (C=O) groups is 1. The molecule has 18 heavy (non-hydrogen) atoms. The number of rotatable bonds is 4. The van der Waals surface area contributed by atoms with Gasteiger partial charge in [-0.1, -0.05) is 41.6 Å². The number of aryl methyl sites for hydroxylation is 1. The number of aromatic nitrogens is 3. The third-order valence-corrected chi connectivity index (χ3v) is 3.57. The van der Waals surface area contributed by atoms with Crippen molar-refractivity contribution in [2.45, 2.75) is 12.1 Å². The molecule has 1 aromatic carbocycles. The summed E-state index contributed by atoms with van der Waals surface area (Å²) < 4.78 is 1.38. The molecule has 0 aliphatic carbocycles. The zero-order chi connectivity index (χ0) is 13.1. The molecule has 1 N–H and O–H groups in total. The lowest BCUT2D eigenvalue weighted by Gasteiger charge is -2.01. The van der Waals surface area contributed by atoms with Crippen LogP contribution in [0.5, 0.6) is 0 Å². The molecule has 0 saturated heterocycles. The van der Waals surface area contributed by atoms with Crippen molar-refractivity contribution >= 4 is 17.5 Å². The molecule has 0 fully saturated rings. The quantitative estimate of drug-likeness (QED) is 0.668. The highest BCUT2D eigenvalue weighted by atomic mass is 32.2. The number of aromatic amines is 1. The summed E-state index contributed by atoms with van der Waals surface area (Å²) in [5.41, 5.74) is 1.52. The molecule has 5 nitrogen and oxygen atoms in total. The summed E-state index contributed by atoms with van der Waals surface area (Å²) in [6, 6.07) is 7.42. The molecule has 0 atom stereocenters. The van der Waals surface area contributed by atoms with Crippen LogP contribution in [0.2, 0.25) is 0 Å². The molecule has 0 unspecified atom stereocenters. The first-order chi connectivity index (χ1) is 8.58. The summed E-state index contributed by atoms with van der Waals surface area (Å²) in [7, 11) is 1.62. The Balaban J connectivity index is 2.02. The lowest BCUT2D eigenvalue weighted by atomic mass is 10.1. The third-order valence-electron chi connectivity index (χ3n) is 2.54. The first kappa shape index (κ1) is 12.6. The Kier molecular flexibility index (Phi) is 3.66. The van der Waals surface area contributed by atoms with Gasteiger partial charge >= 0.3 is 5.69 Å². The summed E-state index contributed by atoms with van der Waals surface area (Å²) in [4.78, 5) is 23.0. The zero-order valence-electron chi connectivity index (χ0n) is 10.1. The van der Waals surface area contributed by atoms with E-state index in [0.717, 1.165) is 5.56 Å². The smallest absolute Gasteiger partial charge is 0.293 e. The lowest BCUT2D eigenvalue weighted by molar-refractivity contribution is 0.102. The monoisotopic (exact) mass is 263 g/mol. The minimum absolute atomic E-state index is 0.0236. The van der Waals surface area contributed by atoms with Crippen LogP contribution in [0, 0.1) is 6.92 Å². The highest BCUT2D eigenvalue weighted by molar-refractivity contribution is 7.99. The van der Waals surface area contributed by atoms with Crippen molar-refractivity contribution in [3.63, 3.8) is 0 Å². The van der Waals surface area contributed by atoms with E-state index in [1.807, 2.05) is 31.2 Å². The van der Waals surface area contributed by atoms with E-state index in [-0.39, 0.29) is 17.2 Å². The van der Waals surface area contributed by atoms with Crippen molar-refractivity contribution in [3.05, 3.63) is 45.9 Å². The van der Waals surface area contributed by atoms with Crippen molar-refractivity contribution in [1.29, 1.82) is 0 Å². The fraction of sp³-hybridized carbons (Fsp3) is 0.250. The summed E-state index contributed by atoms with van der Waals surface area (Å²) in [5.74, 6) is 0.289. The molecule has 2 rings (SSSR count). The van der Waals surface area contributed by atoms with Gasteiger partial charge in [0.15, 0.2) is 10.9 Å². The van der Waals surface area contributed by atoms with Crippen molar-refractivity contribution in [3.8, 4) is 0 Å². The minimum Gasteiger partial charge on any atom is -0.293 e. The van der Waals surface area contributed by atoms with Gasteiger partial charge in [0.25, 0.3) is 0 Å². The molecule has 1 aromatic heterocycles. The molecular weight excluding hydrogens is 250 g/mol.